The van der Waals surface area contributed by atoms with Gasteiger partial charge in [-0.2, -0.15) is 0 Å². The largest absolute Gasteiger partial charge is 0.328 e. The molecule has 1 aliphatic heterocycles. The van der Waals surface area contributed by atoms with Crippen LogP contribution in [0.15, 0.2) is 60.8 Å². The fraction of sp³-hybridized carbons (Fsp3) is 0.261. The van der Waals surface area contributed by atoms with Gasteiger partial charge in [0.25, 0.3) is 5.91 Å². The summed E-state index contributed by atoms with van der Waals surface area (Å²) in [6.07, 6.45) is 3.83. The minimum atomic E-state index is -0.0477. The maximum atomic E-state index is 13.3. The third kappa shape index (κ3) is 2.92. The van der Waals surface area contributed by atoms with Crippen LogP contribution < -0.4 is 0 Å². The Kier molecular flexibility index (Phi) is 4.19. The van der Waals surface area contributed by atoms with E-state index in [0.29, 0.717) is 5.56 Å². The Morgan fingerprint density at radius 3 is 2.48 bits per heavy atom. The zero-order valence-corrected chi connectivity index (χ0v) is 16.6. The molecule has 1 fully saturated rings. The molecule has 4 aromatic rings. The average molecular weight is 385 g/mol. The first-order valence-electron chi connectivity index (χ1n) is 9.99. The number of aryl methyl sites for hydroxylation is 2. The lowest BCUT2D eigenvalue weighted by atomic mass is 10.1. The fourth-order valence-corrected chi connectivity index (χ4v) is 4.36. The van der Waals surface area contributed by atoms with Crippen LogP contribution in [-0.4, -0.2) is 36.5 Å². The molecule has 1 aliphatic rings. The summed E-state index contributed by atoms with van der Waals surface area (Å²) in [4.78, 5) is 15.2. The Labute approximate surface area is 169 Å². The third-order valence-corrected chi connectivity index (χ3v) is 5.80. The van der Waals surface area contributed by atoms with Gasteiger partial charge in [-0.15, -0.1) is 10.2 Å². The van der Waals surface area contributed by atoms with Gasteiger partial charge in [-0.25, -0.2) is 0 Å². The van der Waals surface area contributed by atoms with Crippen LogP contribution in [0.5, 0.6) is 0 Å². The molecule has 1 aromatic carbocycles. The van der Waals surface area contributed by atoms with Crippen molar-refractivity contribution in [1.29, 1.82) is 0 Å². The normalized spacial score (nSPS) is 16.6. The van der Waals surface area contributed by atoms with Gasteiger partial charge in [0.1, 0.15) is 0 Å². The van der Waals surface area contributed by atoms with E-state index < -0.39 is 0 Å². The summed E-state index contributed by atoms with van der Waals surface area (Å²) in [5, 5.41) is 8.65. The summed E-state index contributed by atoms with van der Waals surface area (Å²) in [7, 11) is 0. The molecule has 0 aliphatic carbocycles. The highest BCUT2D eigenvalue weighted by molar-refractivity contribution is 5.94. The summed E-state index contributed by atoms with van der Waals surface area (Å²) in [5.74, 6) is 0.884. The first kappa shape index (κ1) is 17.7. The second-order valence-corrected chi connectivity index (χ2v) is 7.64. The zero-order chi connectivity index (χ0) is 20.0. The predicted molar refractivity (Wildman–Crippen MR) is 111 cm³/mol. The minimum absolute atomic E-state index is 0.0477. The molecule has 1 amide bonds. The van der Waals surface area contributed by atoms with Gasteiger partial charge in [0.15, 0.2) is 11.5 Å². The molecular weight excluding hydrogens is 362 g/mol. The first-order chi connectivity index (χ1) is 14.1. The van der Waals surface area contributed by atoms with E-state index in [1.165, 1.54) is 11.4 Å². The molecule has 0 bridgehead atoms. The molecule has 6 nitrogen and oxygen atoms in total. The number of carbonyl (C=O) groups excluding carboxylic acids is 1. The average Bonchev–Trinajstić information content (AvgIpc) is 3.46. The number of rotatable bonds is 3. The van der Waals surface area contributed by atoms with E-state index >= 15 is 0 Å². The molecule has 0 N–H and O–H groups in total. The summed E-state index contributed by atoms with van der Waals surface area (Å²) < 4.78 is 4.17. The monoisotopic (exact) mass is 385 g/mol. The topological polar surface area (TPSA) is 55.4 Å². The number of amides is 1. The van der Waals surface area contributed by atoms with Crippen LogP contribution in [-0.2, 0) is 0 Å². The lowest BCUT2D eigenvalue weighted by Gasteiger charge is -2.23. The zero-order valence-electron chi connectivity index (χ0n) is 16.6. The lowest BCUT2D eigenvalue weighted by Crippen LogP contribution is -2.31. The van der Waals surface area contributed by atoms with E-state index in [1.54, 1.807) is 0 Å². The molecule has 1 atom stereocenters. The minimum Gasteiger partial charge on any atom is -0.328 e. The maximum Gasteiger partial charge on any atom is 0.254 e. The van der Waals surface area contributed by atoms with Gasteiger partial charge < -0.3 is 9.47 Å². The van der Waals surface area contributed by atoms with Crippen molar-refractivity contribution in [2.24, 2.45) is 0 Å². The highest BCUT2D eigenvalue weighted by Crippen LogP contribution is 2.32. The van der Waals surface area contributed by atoms with Gasteiger partial charge in [0, 0.05) is 35.4 Å². The van der Waals surface area contributed by atoms with Crippen molar-refractivity contribution in [2.45, 2.75) is 32.7 Å². The first-order valence-corrected chi connectivity index (χ1v) is 9.99. The van der Waals surface area contributed by atoms with Crippen LogP contribution in [0.4, 0.5) is 0 Å². The number of nitrogens with zero attached hydrogens (tertiary/aromatic N) is 5. The lowest BCUT2D eigenvalue weighted by molar-refractivity contribution is 0.0729. The highest BCUT2D eigenvalue weighted by Gasteiger charge is 2.33. The molecule has 6 heteroatoms. The number of pyridine rings is 1. The van der Waals surface area contributed by atoms with Gasteiger partial charge in [-0.05, 0) is 75.2 Å². The van der Waals surface area contributed by atoms with Gasteiger partial charge >= 0.3 is 0 Å². The molecule has 1 unspecified atom stereocenters. The Balaban J connectivity index is 1.44. The number of carbonyl (C=O) groups is 1. The second-order valence-electron chi connectivity index (χ2n) is 7.64. The Bertz CT molecular complexity index is 1170. The van der Waals surface area contributed by atoms with Crippen LogP contribution in [0, 0.1) is 13.8 Å². The number of aromatic nitrogens is 4. The second kappa shape index (κ2) is 6.88. The van der Waals surface area contributed by atoms with Crippen molar-refractivity contribution >= 4 is 11.6 Å². The number of fused-ring (bicyclic) bond motifs is 1. The van der Waals surface area contributed by atoms with Crippen molar-refractivity contribution in [3.8, 4) is 5.69 Å². The Hall–Kier alpha value is -3.41. The van der Waals surface area contributed by atoms with E-state index in [0.717, 1.165) is 36.5 Å². The van der Waals surface area contributed by atoms with Crippen molar-refractivity contribution < 1.29 is 4.79 Å². The fourth-order valence-electron chi connectivity index (χ4n) is 4.36. The van der Waals surface area contributed by atoms with Gasteiger partial charge in [-0.3, -0.25) is 9.20 Å². The molecule has 4 heterocycles. The maximum absolute atomic E-state index is 13.3. The van der Waals surface area contributed by atoms with Gasteiger partial charge in [0.2, 0.25) is 0 Å². The standard InChI is InChI=1S/C23H23N5O/c1-16-8-9-17(2)28(16)19-12-10-18(11-13-19)23(29)26-15-5-6-20(26)22-25-24-21-7-3-4-14-27(21)22/h3-4,7-14,20H,5-6,15H2,1-2H3. The molecular formula is C23H23N5O. The van der Waals surface area contributed by atoms with E-state index in [9.17, 15) is 4.79 Å². The number of benzene rings is 1. The Morgan fingerprint density at radius 1 is 0.966 bits per heavy atom. The van der Waals surface area contributed by atoms with Crippen molar-refractivity contribution in [3.05, 3.63) is 83.6 Å². The third-order valence-electron chi connectivity index (χ3n) is 5.80. The molecule has 29 heavy (non-hydrogen) atoms. The summed E-state index contributed by atoms with van der Waals surface area (Å²) in [6, 6.07) is 17.9. The summed E-state index contributed by atoms with van der Waals surface area (Å²) in [6.45, 7) is 4.91. The van der Waals surface area contributed by atoms with E-state index in [2.05, 4.69) is 40.7 Å². The van der Waals surface area contributed by atoms with Crippen molar-refractivity contribution in [1.82, 2.24) is 24.1 Å². The summed E-state index contributed by atoms with van der Waals surface area (Å²) in [5.41, 5.74) is 4.95. The van der Waals surface area contributed by atoms with Crippen LogP contribution >= 0.6 is 0 Å². The van der Waals surface area contributed by atoms with Crippen LogP contribution in [0.2, 0.25) is 0 Å². The molecule has 0 spiro atoms. The van der Waals surface area contributed by atoms with Crippen LogP contribution in [0.1, 0.15) is 46.5 Å². The Morgan fingerprint density at radius 2 is 1.72 bits per heavy atom. The molecule has 146 valence electrons. The molecule has 0 saturated carbocycles. The quantitative estimate of drug-likeness (QED) is 0.533. The number of hydrogen-bond acceptors (Lipinski definition) is 3. The summed E-state index contributed by atoms with van der Waals surface area (Å²) >= 11 is 0. The molecule has 1 saturated heterocycles. The predicted octanol–water partition coefficient (Wildman–Crippen LogP) is 4.11. The van der Waals surface area contributed by atoms with Crippen molar-refractivity contribution in [2.75, 3.05) is 6.54 Å². The molecule has 0 radical (unpaired) electrons. The van der Waals surface area contributed by atoms with E-state index in [-0.39, 0.29) is 11.9 Å². The SMILES string of the molecule is Cc1ccc(C)n1-c1ccc(C(=O)N2CCCC2c2nnc3ccccn23)cc1. The van der Waals surface area contributed by atoms with Gasteiger partial charge in [0.05, 0.1) is 6.04 Å². The van der Waals surface area contributed by atoms with E-state index in [4.69, 9.17) is 0 Å². The molecule has 5 rings (SSSR count). The number of likely N-dealkylation sites (tertiary alicyclic amines) is 1. The smallest absolute Gasteiger partial charge is 0.254 e. The highest BCUT2D eigenvalue weighted by atomic mass is 16.2. The van der Waals surface area contributed by atoms with Crippen LogP contribution in [0.3, 0.4) is 0 Å². The van der Waals surface area contributed by atoms with E-state index in [1.807, 2.05) is 58.0 Å². The van der Waals surface area contributed by atoms with Gasteiger partial charge in [-0.1, -0.05) is 6.07 Å². The molecule has 3 aromatic heterocycles. The van der Waals surface area contributed by atoms with Crippen LogP contribution in [0.25, 0.3) is 11.3 Å². The number of hydrogen-bond donors (Lipinski definition) is 0. The van der Waals surface area contributed by atoms with Crippen molar-refractivity contribution in [3.63, 3.8) is 0 Å².